The molecule has 1 aliphatic rings. The number of carbonyl (C=O) groups excluding carboxylic acids is 3. The van der Waals surface area contributed by atoms with Crippen molar-refractivity contribution >= 4 is 51.0 Å². The summed E-state index contributed by atoms with van der Waals surface area (Å²) >= 11 is 1.50. The molecule has 4 rings (SSSR count). The lowest BCUT2D eigenvalue weighted by molar-refractivity contribution is -0.123. The Morgan fingerprint density at radius 1 is 1.06 bits per heavy atom. The van der Waals surface area contributed by atoms with Crippen molar-refractivity contribution in [3.05, 3.63) is 65.2 Å². The van der Waals surface area contributed by atoms with Crippen molar-refractivity contribution in [3.8, 4) is 0 Å². The van der Waals surface area contributed by atoms with E-state index in [0.717, 1.165) is 15.2 Å². The standard InChI is InChI=1S/C23H22N4O3S/c24-22(29)15-11-13-27(14-12-15)23(30)16-5-1-2-6-17(16)25-20(28)9-10-21-26-18-7-3-4-8-19(18)31-21/h1-10,15H,11-14H2,(H2,24,29)(H,25,28)/b10-9+. The largest absolute Gasteiger partial charge is 0.369 e. The maximum Gasteiger partial charge on any atom is 0.255 e. The van der Waals surface area contributed by atoms with E-state index in [2.05, 4.69) is 10.3 Å². The number of fused-ring (bicyclic) bond motifs is 1. The van der Waals surface area contributed by atoms with Crippen molar-refractivity contribution in [2.45, 2.75) is 12.8 Å². The minimum atomic E-state index is -0.341. The van der Waals surface area contributed by atoms with Crippen molar-refractivity contribution in [2.24, 2.45) is 11.7 Å². The number of rotatable bonds is 5. The lowest BCUT2D eigenvalue weighted by Crippen LogP contribution is -2.42. The van der Waals surface area contributed by atoms with Gasteiger partial charge in [-0.2, -0.15) is 0 Å². The molecule has 31 heavy (non-hydrogen) atoms. The number of benzene rings is 2. The third-order valence-corrected chi connectivity index (χ3v) is 6.29. The number of amides is 3. The van der Waals surface area contributed by atoms with Crippen LogP contribution in [0.1, 0.15) is 28.2 Å². The molecule has 2 heterocycles. The van der Waals surface area contributed by atoms with Crippen LogP contribution in [0.3, 0.4) is 0 Å². The number of piperidine rings is 1. The average molecular weight is 435 g/mol. The summed E-state index contributed by atoms with van der Waals surface area (Å²) < 4.78 is 1.05. The molecule has 0 saturated carbocycles. The molecular formula is C23H22N4O3S. The number of likely N-dealkylation sites (tertiary alicyclic amines) is 1. The van der Waals surface area contributed by atoms with E-state index in [1.807, 2.05) is 24.3 Å². The van der Waals surface area contributed by atoms with Gasteiger partial charge in [-0.25, -0.2) is 4.98 Å². The molecule has 8 heteroatoms. The maximum absolute atomic E-state index is 13.0. The lowest BCUT2D eigenvalue weighted by Gasteiger charge is -2.31. The summed E-state index contributed by atoms with van der Waals surface area (Å²) in [5, 5.41) is 3.53. The Balaban J connectivity index is 1.43. The van der Waals surface area contributed by atoms with E-state index in [4.69, 9.17) is 5.73 Å². The van der Waals surface area contributed by atoms with Crippen LogP contribution in [0, 0.1) is 5.92 Å². The number of carbonyl (C=O) groups is 3. The van der Waals surface area contributed by atoms with Gasteiger partial charge in [0.15, 0.2) is 0 Å². The highest BCUT2D eigenvalue weighted by molar-refractivity contribution is 7.19. The van der Waals surface area contributed by atoms with E-state index in [9.17, 15) is 14.4 Å². The average Bonchev–Trinajstić information content (AvgIpc) is 3.21. The number of hydrogen-bond donors (Lipinski definition) is 2. The molecule has 1 saturated heterocycles. The van der Waals surface area contributed by atoms with Crippen LogP contribution in [0.4, 0.5) is 5.69 Å². The van der Waals surface area contributed by atoms with E-state index in [0.29, 0.717) is 37.2 Å². The van der Waals surface area contributed by atoms with Crippen LogP contribution in [-0.4, -0.2) is 40.7 Å². The number of hydrogen-bond acceptors (Lipinski definition) is 5. The van der Waals surface area contributed by atoms with Crippen LogP contribution in [0.5, 0.6) is 0 Å². The minimum Gasteiger partial charge on any atom is -0.369 e. The van der Waals surface area contributed by atoms with Crippen molar-refractivity contribution in [2.75, 3.05) is 18.4 Å². The molecule has 3 N–H and O–H groups in total. The third-order valence-electron chi connectivity index (χ3n) is 5.29. The molecule has 0 atom stereocenters. The molecule has 0 radical (unpaired) electrons. The molecule has 3 amide bonds. The van der Waals surface area contributed by atoms with Gasteiger partial charge >= 0.3 is 0 Å². The van der Waals surface area contributed by atoms with E-state index < -0.39 is 0 Å². The molecule has 0 spiro atoms. The number of nitrogens with zero attached hydrogens (tertiary/aromatic N) is 2. The second-order valence-corrected chi connectivity index (χ2v) is 8.42. The fraction of sp³-hybridized carbons (Fsp3) is 0.217. The topological polar surface area (TPSA) is 105 Å². The number of anilines is 1. The summed E-state index contributed by atoms with van der Waals surface area (Å²) in [7, 11) is 0. The SMILES string of the molecule is NC(=O)C1CCN(C(=O)c2ccccc2NC(=O)/C=C/c2nc3ccccc3s2)CC1. The molecule has 0 bridgehead atoms. The zero-order chi connectivity index (χ0) is 21.8. The zero-order valence-electron chi connectivity index (χ0n) is 16.8. The number of nitrogens with one attached hydrogen (secondary N) is 1. The molecule has 0 unspecified atom stereocenters. The number of aromatic nitrogens is 1. The first-order valence-corrected chi connectivity index (χ1v) is 10.8. The Morgan fingerprint density at radius 3 is 2.52 bits per heavy atom. The second-order valence-electron chi connectivity index (χ2n) is 7.36. The maximum atomic E-state index is 13.0. The van der Waals surface area contributed by atoms with Gasteiger partial charge in [0.2, 0.25) is 11.8 Å². The summed E-state index contributed by atoms with van der Waals surface area (Å²) in [6.07, 6.45) is 4.19. The first-order valence-electron chi connectivity index (χ1n) is 10.0. The Bertz CT molecular complexity index is 1130. The van der Waals surface area contributed by atoms with Gasteiger partial charge in [0.25, 0.3) is 5.91 Å². The molecule has 0 aliphatic carbocycles. The molecule has 1 aromatic heterocycles. The first kappa shape index (κ1) is 20.7. The lowest BCUT2D eigenvalue weighted by atomic mass is 9.95. The quantitative estimate of drug-likeness (QED) is 0.601. The minimum absolute atomic E-state index is 0.172. The summed E-state index contributed by atoms with van der Waals surface area (Å²) in [6, 6.07) is 14.7. The summed E-state index contributed by atoms with van der Waals surface area (Å²) in [4.78, 5) is 43.0. The molecule has 3 aromatic rings. The molecule has 1 aliphatic heterocycles. The van der Waals surface area contributed by atoms with Crippen LogP contribution >= 0.6 is 11.3 Å². The first-order chi connectivity index (χ1) is 15.0. The van der Waals surface area contributed by atoms with Gasteiger partial charge in [0, 0.05) is 25.1 Å². The second kappa shape index (κ2) is 9.09. The smallest absolute Gasteiger partial charge is 0.255 e. The van der Waals surface area contributed by atoms with Crippen LogP contribution in [-0.2, 0) is 9.59 Å². The van der Waals surface area contributed by atoms with Crippen LogP contribution in [0.15, 0.2) is 54.6 Å². The van der Waals surface area contributed by atoms with E-state index in [1.165, 1.54) is 17.4 Å². The van der Waals surface area contributed by atoms with Gasteiger partial charge in [-0.3, -0.25) is 14.4 Å². The normalized spacial score (nSPS) is 14.8. The van der Waals surface area contributed by atoms with Gasteiger partial charge in [-0.05, 0) is 43.2 Å². The van der Waals surface area contributed by atoms with E-state index in [1.54, 1.807) is 35.2 Å². The number of para-hydroxylation sites is 2. The fourth-order valence-electron chi connectivity index (χ4n) is 3.60. The van der Waals surface area contributed by atoms with Gasteiger partial charge in [0.1, 0.15) is 5.01 Å². The Hall–Kier alpha value is -3.52. The van der Waals surface area contributed by atoms with Crippen LogP contribution in [0.25, 0.3) is 16.3 Å². The number of primary amides is 1. The van der Waals surface area contributed by atoms with Gasteiger partial charge in [0.05, 0.1) is 21.5 Å². The highest BCUT2D eigenvalue weighted by Crippen LogP contribution is 2.24. The van der Waals surface area contributed by atoms with E-state index >= 15 is 0 Å². The van der Waals surface area contributed by atoms with Gasteiger partial charge in [-0.1, -0.05) is 24.3 Å². The molecule has 7 nitrogen and oxygen atoms in total. The third kappa shape index (κ3) is 4.80. The van der Waals surface area contributed by atoms with Crippen molar-refractivity contribution < 1.29 is 14.4 Å². The Labute approximate surface area is 183 Å². The number of nitrogens with two attached hydrogens (primary N) is 1. The van der Waals surface area contributed by atoms with Crippen molar-refractivity contribution in [1.82, 2.24) is 9.88 Å². The van der Waals surface area contributed by atoms with Crippen molar-refractivity contribution in [3.63, 3.8) is 0 Å². The highest BCUT2D eigenvalue weighted by atomic mass is 32.1. The number of thiazole rings is 1. The molecular weight excluding hydrogens is 412 g/mol. The predicted molar refractivity (Wildman–Crippen MR) is 122 cm³/mol. The molecule has 158 valence electrons. The van der Waals surface area contributed by atoms with E-state index in [-0.39, 0.29) is 23.6 Å². The zero-order valence-corrected chi connectivity index (χ0v) is 17.6. The van der Waals surface area contributed by atoms with Crippen molar-refractivity contribution in [1.29, 1.82) is 0 Å². The fourth-order valence-corrected chi connectivity index (χ4v) is 4.47. The van der Waals surface area contributed by atoms with Crippen LogP contribution in [0.2, 0.25) is 0 Å². The molecule has 2 aromatic carbocycles. The molecule has 1 fully saturated rings. The summed E-state index contributed by atoms with van der Waals surface area (Å²) in [5.41, 5.74) is 7.13. The predicted octanol–water partition coefficient (Wildman–Crippen LogP) is 3.29. The Morgan fingerprint density at radius 2 is 1.77 bits per heavy atom. The summed E-state index contributed by atoms with van der Waals surface area (Å²) in [5.74, 6) is -1.02. The van der Waals surface area contributed by atoms with Crippen LogP contribution < -0.4 is 11.1 Å². The summed E-state index contributed by atoms with van der Waals surface area (Å²) in [6.45, 7) is 0.929. The van der Waals surface area contributed by atoms with Gasteiger partial charge in [-0.15, -0.1) is 11.3 Å². The Kier molecular flexibility index (Phi) is 6.08. The monoisotopic (exact) mass is 434 g/mol. The van der Waals surface area contributed by atoms with Gasteiger partial charge < -0.3 is 16.0 Å². The highest BCUT2D eigenvalue weighted by Gasteiger charge is 2.27.